The molecule has 0 saturated heterocycles. The molecule has 0 aliphatic carbocycles. The van der Waals surface area contributed by atoms with Gasteiger partial charge in [-0.15, -0.1) is 0 Å². The Kier molecular flexibility index (Phi) is 6.41. The van der Waals surface area contributed by atoms with Crippen LogP contribution in [0.2, 0.25) is 0 Å². The molecule has 0 saturated carbocycles. The average Bonchev–Trinajstić information content (AvgIpc) is 2.59. The molecule has 1 atom stereocenters. The summed E-state index contributed by atoms with van der Waals surface area (Å²) in [5, 5.41) is 3.14. The van der Waals surface area contributed by atoms with Crippen LogP contribution in [0.25, 0.3) is 0 Å². The number of guanidine groups is 1. The average molecular weight is 312 g/mol. The fourth-order valence-electron chi connectivity index (χ4n) is 1.97. The van der Waals surface area contributed by atoms with E-state index in [0.717, 1.165) is 17.5 Å². The summed E-state index contributed by atoms with van der Waals surface area (Å²) in [5.41, 5.74) is 7.91. The van der Waals surface area contributed by atoms with Gasteiger partial charge in [-0.25, -0.2) is 9.98 Å². The van der Waals surface area contributed by atoms with Crippen LogP contribution < -0.4 is 15.8 Å². The fraction of sp³-hybridized carbons (Fsp3) is 0.333. The number of hydrogen-bond acceptors (Lipinski definition) is 3. The van der Waals surface area contributed by atoms with Gasteiger partial charge in [-0.3, -0.25) is 0 Å². The van der Waals surface area contributed by atoms with E-state index >= 15 is 0 Å². The lowest BCUT2D eigenvalue weighted by atomic mass is 10.2. The first-order chi connectivity index (χ1) is 11.2. The normalized spacial score (nSPS) is 12.7. The molecule has 1 aromatic heterocycles. The predicted molar refractivity (Wildman–Crippen MR) is 93.2 cm³/mol. The molecule has 23 heavy (non-hydrogen) atoms. The van der Waals surface area contributed by atoms with E-state index in [4.69, 9.17) is 10.5 Å². The lowest BCUT2D eigenvalue weighted by Crippen LogP contribution is -2.38. The van der Waals surface area contributed by atoms with Gasteiger partial charge in [0.25, 0.3) is 0 Å². The van der Waals surface area contributed by atoms with Crippen LogP contribution in [0.15, 0.2) is 53.7 Å². The van der Waals surface area contributed by atoms with Gasteiger partial charge in [0.2, 0.25) is 5.88 Å². The minimum Gasteiger partial charge on any atom is -0.473 e. The molecule has 5 heteroatoms. The van der Waals surface area contributed by atoms with Crippen LogP contribution in [-0.4, -0.2) is 17.0 Å². The molecular weight excluding hydrogens is 288 g/mol. The van der Waals surface area contributed by atoms with Crippen molar-refractivity contribution in [3.63, 3.8) is 0 Å². The highest BCUT2D eigenvalue weighted by Gasteiger charge is 2.05. The first-order valence-corrected chi connectivity index (χ1v) is 7.86. The number of aromatic nitrogens is 1. The van der Waals surface area contributed by atoms with Gasteiger partial charge in [0.05, 0.1) is 6.54 Å². The van der Waals surface area contributed by atoms with Crippen LogP contribution in [-0.2, 0) is 13.2 Å². The summed E-state index contributed by atoms with van der Waals surface area (Å²) in [7, 11) is 0. The van der Waals surface area contributed by atoms with E-state index in [1.165, 1.54) is 0 Å². The van der Waals surface area contributed by atoms with Crippen LogP contribution in [0.1, 0.15) is 31.4 Å². The van der Waals surface area contributed by atoms with E-state index in [-0.39, 0.29) is 0 Å². The Morgan fingerprint density at radius 1 is 1.26 bits per heavy atom. The second kappa shape index (κ2) is 8.78. The summed E-state index contributed by atoms with van der Waals surface area (Å²) in [6, 6.07) is 14.1. The molecule has 3 N–H and O–H groups in total. The summed E-state index contributed by atoms with van der Waals surface area (Å²) >= 11 is 0. The van der Waals surface area contributed by atoms with Gasteiger partial charge in [0.15, 0.2) is 5.96 Å². The molecule has 0 bridgehead atoms. The Balaban J connectivity index is 1.98. The molecule has 2 rings (SSSR count). The third-order valence-electron chi connectivity index (χ3n) is 3.49. The van der Waals surface area contributed by atoms with Gasteiger partial charge in [0, 0.05) is 17.8 Å². The van der Waals surface area contributed by atoms with Crippen molar-refractivity contribution in [2.45, 2.75) is 39.5 Å². The first kappa shape index (κ1) is 16.8. The number of nitrogens with two attached hydrogens (primary N) is 1. The van der Waals surface area contributed by atoms with Crippen molar-refractivity contribution in [3.05, 3.63) is 59.8 Å². The zero-order valence-electron chi connectivity index (χ0n) is 13.7. The number of nitrogens with zero attached hydrogens (tertiary/aromatic N) is 2. The monoisotopic (exact) mass is 312 g/mol. The second-order valence-corrected chi connectivity index (χ2v) is 5.40. The van der Waals surface area contributed by atoms with Gasteiger partial charge >= 0.3 is 0 Å². The number of aliphatic imine (C=N–C) groups is 1. The van der Waals surface area contributed by atoms with Gasteiger partial charge in [0.1, 0.15) is 6.61 Å². The maximum absolute atomic E-state index is 5.89. The third kappa shape index (κ3) is 5.62. The number of nitrogens with one attached hydrogen (secondary N) is 1. The van der Waals surface area contributed by atoms with Crippen LogP contribution in [0.5, 0.6) is 5.88 Å². The Hall–Kier alpha value is -2.56. The van der Waals surface area contributed by atoms with Crippen molar-refractivity contribution in [2.75, 3.05) is 0 Å². The van der Waals surface area contributed by atoms with Gasteiger partial charge in [-0.05, 0) is 25.0 Å². The molecule has 122 valence electrons. The standard InChI is InChI=1S/C18H24N4O/c1-3-14(2)22-18(19)21-12-16-10-7-11-20-17(16)23-13-15-8-5-4-6-9-15/h4-11,14H,3,12-13H2,1-2H3,(H3,19,21,22). The van der Waals surface area contributed by atoms with E-state index in [0.29, 0.717) is 31.0 Å². The van der Waals surface area contributed by atoms with Crippen molar-refractivity contribution in [3.8, 4) is 5.88 Å². The number of ether oxygens (including phenoxy) is 1. The van der Waals surface area contributed by atoms with Crippen molar-refractivity contribution >= 4 is 5.96 Å². The lowest BCUT2D eigenvalue weighted by molar-refractivity contribution is 0.290. The zero-order valence-corrected chi connectivity index (χ0v) is 13.7. The van der Waals surface area contributed by atoms with Crippen LogP contribution in [0.4, 0.5) is 0 Å². The molecule has 1 unspecified atom stereocenters. The molecular formula is C18H24N4O. The SMILES string of the molecule is CCC(C)NC(N)=NCc1cccnc1OCc1ccccc1. The topological polar surface area (TPSA) is 72.5 Å². The van der Waals surface area contributed by atoms with Gasteiger partial charge in [-0.2, -0.15) is 0 Å². The molecule has 0 radical (unpaired) electrons. The number of benzene rings is 1. The van der Waals surface area contributed by atoms with Crippen molar-refractivity contribution in [1.29, 1.82) is 0 Å². The molecule has 2 aromatic rings. The van der Waals surface area contributed by atoms with Crippen LogP contribution in [0, 0.1) is 0 Å². The van der Waals surface area contributed by atoms with Crippen molar-refractivity contribution in [2.24, 2.45) is 10.7 Å². The lowest BCUT2D eigenvalue weighted by Gasteiger charge is -2.12. The first-order valence-electron chi connectivity index (χ1n) is 7.86. The number of hydrogen-bond donors (Lipinski definition) is 2. The molecule has 0 aliphatic heterocycles. The number of pyridine rings is 1. The third-order valence-corrected chi connectivity index (χ3v) is 3.49. The van der Waals surface area contributed by atoms with Crippen LogP contribution >= 0.6 is 0 Å². The molecule has 0 fully saturated rings. The van der Waals surface area contributed by atoms with Gasteiger partial charge in [-0.1, -0.05) is 43.3 Å². The highest BCUT2D eigenvalue weighted by Crippen LogP contribution is 2.17. The van der Waals surface area contributed by atoms with E-state index in [1.54, 1.807) is 6.20 Å². The summed E-state index contributed by atoms with van der Waals surface area (Å²) in [4.78, 5) is 8.66. The van der Waals surface area contributed by atoms with Crippen molar-refractivity contribution in [1.82, 2.24) is 10.3 Å². The Morgan fingerprint density at radius 3 is 2.78 bits per heavy atom. The smallest absolute Gasteiger partial charge is 0.218 e. The summed E-state index contributed by atoms with van der Waals surface area (Å²) in [6.45, 7) is 5.09. The predicted octanol–water partition coefficient (Wildman–Crippen LogP) is 2.86. The molecule has 0 aliphatic rings. The zero-order chi connectivity index (χ0) is 16.5. The molecule has 0 amide bonds. The maximum Gasteiger partial charge on any atom is 0.218 e. The summed E-state index contributed by atoms with van der Waals surface area (Å²) in [6.07, 6.45) is 2.71. The highest BCUT2D eigenvalue weighted by atomic mass is 16.5. The van der Waals surface area contributed by atoms with E-state index < -0.39 is 0 Å². The fourth-order valence-corrected chi connectivity index (χ4v) is 1.97. The summed E-state index contributed by atoms with van der Waals surface area (Å²) in [5.74, 6) is 1.04. The maximum atomic E-state index is 5.89. The largest absolute Gasteiger partial charge is 0.473 e. The highest BCUT2D eigenvalue weighted by molar-refractivity contribution is 5.78. The Labute approximate surface area is 137 Å². The van der Waals surface area contributed by atoms with Gasteiger partial charge < -0.3 is 15.8 Å². The Morgan fingerprint density at radius 2 is 2.04 bits per heavy atom. The van der Waals surface area contributed by atoms with Crippen LogP contribution in [0.3, 0.4) is 0 Å². The molecule has 5 nitrogen and oxygen atoms in total. The minimum atomic E-state index is 0.307. The van der Waals surface area contributed by atoms with E-state index in [2.05, 4.69) is 29.1 Å². The van der Waals surface area contributed by atoms with E-state index in [9.17, 15) is 0 Å². The molecule has 0 spiro atoms. The second-order valence-electron chi connectivity index (χ2n) is 5.40. The summed E-state index contributed by atoms with van der Waals surface area (Å²) < 4.78 is 5.82. The Bertz CT molecular complexity index is 628. The number of rotatable bonds is 7. The quantitative estimate of drug-likeness (QED) is 0.609. The van der Waals surface area contributed by atoms with E-state index in [1.807, 2.05) is 42.5 Å². The van der Waals surface area contributed by atoms with Crippen molar-refractivity contribution < 1.29 is 4.74 Å². The molecule has 1 aromatic carbocycles. The minimum absolute atomic E-state index is 0.307. The molecule has 1 heterocycles.